The maximum Gasteiger partial charge on any atom is 0.243 e. The third kappa shape index (κ3) is 4.32. The average molecular weight is 423 g/mol. The molecule has 0 saturated heterocycles. The number of benzene rings is 2. The number of halogens is 1. The number of fused-ring (bicyclic) bond motifs is 1. The van der Waals surface area contributed by atoms with Gasteiger partial charge in [-0.05, 0) is 48.6 Å². The number of amides is 1. The molecule has 1 N–H and O–H groups in total. The molecule has 1 atom stereocenters. The van der Waals surface area contributed by atoms with Crippen molar-refractivity contribution in [2.75, 3.05) is 20.7 Å². The lowest BCUT2D eigenvalue weighted by atomic mass is 9.88. The van der Waals surface area contributed by atoms with Crippen LogP contribution in [-0.2, 0) is 21.2 Å². The van der Waals surface area contributed by atoms with E-state index in [-0.39, 0.29) is 28.4 Å². The molecule has 0 fully saturated rings. The predicted molar refractivity (Wildman–Crippen MR) is 108 cm³/mol. The zero-order valence-electron chi connectivity index (χ0n) is 15.8. The Bertz CT molecular complexity index is 978. The average Bonchev–Trinajstić information content (AvgIpc) is 2.68. The number of aryl methyl sites for hydroxylation is 1. The summed E-state index contributed by atoms with van der Waals surface area (Å²) < 4.78 is 31.6. The number of nitrogens with one attached hydrogen (secondary N) is 1. The molecule has 0 unspecified atom stereocenters. The Kier molecular flexibility index (Phi) is 6.27. The van der Waals surface area contributed by atoms with Crippen LogP contribution >= 0.6 is 11.6 Å². The van der Waals surface area contributed by atoms with Crippen molar-refractivity contribution in [1.82, 2.24) is 9.62 Å². The molecule has 0 bridgehead atoms. The largest absolute Gasteiger partial charge is 0.495 e. The third-order valence-corrected chi connectivity index (χ3v) is 7.00. The normalized spacial score (nSPS) is 16.5. The van der Waals surface area contributed by atoms with Crippen LogP contribution in [0.1, 0.15) is 30.0 Å². The first-order valence-electron chi connectivity index (χ1n) is 9.00. The fourth-order valence-electron chi connectivity index (χ4n) is 3.42. The molecule has 1 aliphatic rings. The van der Waals surface area contributed by atoms with Crippen LogP contribution in [0.4, 0.5) is 0 Å². The molecule has 2 aromatic carbocycles. The molecule has 28 heavy (non-hydrogen) atoms. The Balaban J connectivity index is 1.69. The van der Waals surface area contributed by atoms with Crippen molar-refractivity contribution in [3.63, 3.8) is 0 Å². The number of carbonyl (C=O) groups excluding carboxylic acids is 1. The second-order valence-electron chi connectivity index (χ2n) is 6.77. The molecule has 3 rings (SSSR count). The molecule has 0 spiro atoms. The minimum absolute atomic E-state index is 0.0108. The van der Waals surface area contributed by atoms with Crippen molar-refractivity contribution in [2.45, 2.75) is 30.2 Å². The molecule has 0 radical (unpaired) electrons. The second-order valence-corrected chi connectivity index (χ2v) is 9.22. The second kappa shape index (κ2) is 8.51. The minimum atomic E-state index is -3.85. The summed E-state index contributed by atoms with van der Waals surface area (Å²) >= 11 is 6.04. The van der Waals surface area contributed by atoms with Crippen LogP contribution in [0.3, 0.4) is 0 Å². The molecule has 6 nitrogen and oxygen atoms in total. The van der Waals surface area contributed by atoms with Gasteiger partial charge in [0.15, 0.2) is 0 Å². The molecule has 1 aliphatic carbocycles. The van der Waals surface area contributed by atoms with Gasteiger partial charge in [0.1, 0.15) is 5.75 Å². The minimum Gasteiger partial charge on any atom is -0.495 e. The molecule has 0 heterocycles. The van der Waals surface area contributed by atoms with Crippen molar-refractivity contribution >= 4 is 27.5 Å². The summed E-state index contributed by atoms with van der Waals surface area (Å²) in [5, 5.41) is 3.16. The van der Waals surface area contributed by atoms with Gasteiger partial charge in [0.25, 0.3) is 0 Å². The van der Waals surface area contributed by atoms with Crippen LogP contribution in [0.15, 0.2) is 47.4 Å². The highest BCUT2D eigenvalue weighted by Crippen LogP contribution is 2.30. The van der Waals surface area contributed by atoms with Crippen LogP contribution in [0, 0.1) is 0 Å². The Labute approximate surface area is 170 Å². The van der Waals surface area contributed by atoms with E-state index in [9.17, 15) is 13.2 Å². The van der Waals surface area contributed by atoms with Crippen LogP contribution in [0.5, 0.6) is 5.75 Å². The molecule has 0 saturated carbocycles. The highest BCUT2D eigenvalue weighted by molar-refractivity contribution is 7.89. The van der Waals surface area contributed by atoms with Gasteiger partial charge in [-0.15, -0.1) is 0 Å². The summed E-state index contributed by atoms with van der Waals surface area (Å²) in [5.41, 5.74) is 2.34. The predicted octanol–water partition coefficient (Wildman–Crippen LogP) is 3.16. The first-order chi connectivity index (χ1) is 13.3. The van der Waals surface area contributed by atoms with E-state index >= 15 is 0 Å². The number of rotatable bonds is 6. The van der Waals surface area contributed by atoms with E-state index in [2.05, 4.69) is 11.4 Å². The SMILES string of the molecule is COc1ccc(S(=O)(=O)N(C)CC(=O)N[C@@H]2CCCc3ccccc32)cc1Cl. The van der Waals surface area contributed by atoms with Gasteiger partial charge in [0, 0.05) is 7.05 Å². The zero-order valence-corrected chi connectivity index (χ0v) is 17.4. The summed E-state index contributed by atoms with van der Waals surface area (Å²) in [7, 11) is -1.02. The van der Waals surface area contributed by atoms with Crippen LogP contribution in [0.25, 0.3) is 0 Å². The first kappa shape index (κ1) is 20.6. The van der Waals surface area contributed by atoms with E-state index in [4.69, 9.17) is 16.3 Å². The maximum atomic E-state index is 12.8. The fourth-order valence-corrected chi connectivity index (χ4v) is 4.89. The van der Waals surface area contributed by atoms with Crippen LogP contribution < -0.4 is 10.1 Å². The first-order valence-corrected chi connectivity index (χ1v) is 10.8. The summed E-state index contributed by atoms with van der Waals surface area (Å²) in [6, 6.07) is 12.1. The van der Waals surface area contributed by atoms with Gasteiger partial charge in [-0.25, -0.2) is 8.42 Å². The number of likely N-dealkylation sites (N-methyl/N-ethyl adjacent to an activating group) is 1. The highest BCUT2D eigenvalue weighted by atomic mass is 35.5. The van der Waals surface area contributed by atoms with E-state index in [1.54, 1.807) is 0 Å². The smallest absolute Gasteiger partial charge is 0.243 e. The van der Waals surface area contributed by atoms with Gasteiger partial charge in [-0.2, -0.15) is 4.31 Å². The number of hydrogen-bond acceptors (Lipinski definition) is 4. The lowest BCUT2D eigenvalue weighted by Gasteiger charge is -2.27. The lowest BCUT2D eigenvalue weighted by molar-refractivity contribution is -0.122. The van der Waals surface area contributed by atoms with E-state index in [0.29, 0.717) is 5.75 Å². The Hall–Kier alpha value is -2.09. The Morgan fingerprint density at radius 3 is 2.75 bits per heavy atom. The summed E-state index contributed by atoms with van der Waals surface area (Å²) in [6.45, 7) is -0.273. The third-order valence-electron chi connectivity index (χ3n) is 4.90. The summed E-state index contributed by atoms with van der Waals surface area (Å²) in [4.78, 5) is 12.5. The maximum absolute atomic E-state index is 12.8. The van der Waals surface area contributed by atoms with Gasteiger partial charge >= 0.3 is 0 Å². The van der Waals surface area contributed by atoms with E-state index in [1.807, 2.05) is 18.2 Å². The number of nitrogens with zero attached hydrogens (tertiary/aromatic N) is 1. The quantitative estimate of drug-likeness (QED) is 0.775. The van der Waals surface area contributed by atoms with Crippen molar-refractivity contribution in [1.29, 1.82) is 0 Å². The van der Waals surface area contributed by atoms with Gasteiger partial charge in [-0.1, -0.05) is 35.9 Å². The monoisotopic (exact) mass is 422 g/mol. The highest BCUT2D eigenvalue weighted by Gasteiger charge is 2.26. The molecule has 8 heteroatoms. The van der Waals surface area contributed by atoms with Crippen LogP contribution in [0.2, 0.25) is 5.02 Å². The van der Waals surface area contributed by atoms with E-state index in [1.165, 1.54) is 37.9 Å². The van der Waals surface area contributed by atoms with Crippen molar-refractivity contribution < 1.29 is 17.9 Å². The van der Waals surface area contributed by atoms with Crippen molar-refractivity contribution in [3.8, 4) is 5.75 Å². The van der Waals surface area contributed by atoms with Gasteiger partial charge in [0.2, 0.25) is 15.9 Å². The van der Waals surface area contributed by atoms with E-state index in [0.717, 1.165) is 29.1 Å². The number of hydrogen-bond donors (Lipinski definition) is 1. The van der Waals surface area contributed by atoms with Gasteiger partial charge < -0.3 is 10.1 Å². The standard InChI is InChI=1S/C20H23ClN2O4S/c1-23(28(25,26)15-10-11-19(27-2)17(21)12-15)13-20(24)22-18-9-5-7-14-6-3-4-8-16(14)18/h3-4,6,8,10-12,18H,5,7,9,13H2,1-2H3,(H,22,24)/t18-/m1/s1. The molecular formula is C20H23ClN2O4S. The van der Waals surface area contributed by atoms with Crippen molar-refractivity contribution in [3.05, 3.63) is 58.6 Å². The molecule has 0 aliphatic heterocycles. The summed E-state index contributed by atoms with van der Waals surface area (Å²) in [5.74, 6) is 0.0457. The number of ether oxygens (including phenoxy) is 1. The van der Waals surface area contributed by atoms with Crippen molar-refractivity contribution in [2.24, 2.45) is 0 Å². The zero-order chi connectivity index (χ0) is 20.3. The van der Waals surface area contributed by atoms with Gasteiger partial charge in [0.05, 0.1) is 29.6 Å². The Morgan fingerprint density at radius 1 is 1.29 bits per heavy atom. The topological polar surface area (TPSA) is 75.7 Å². The Morgan fingerprint density at radius 2 is 2.04 bits per heavy atom. The van der Waals surface area contributed by atoms with Crippen LogP contribution in [-0.4, -0.2) is 39.3 Å². The summed E-state index contributed by atoms with van der Waals surface area (Å²) in [6.07, 6.45) is 2.82. The molecule has 1 amide bonds. The van der Waals surface area contributed by atoms with Gasteiger partial charge in [-0.3, -0.25) is 4.79 Å². The molecule has 150 valence electrons. The van der Waals surface area contributed by atoms with E-state index < -0.39 is 10.0 Å². The number of sulfonamides is 1. The molecular weight excluding hydrogens is 400 g/mol. The number of methoxy groups -OCH3 is 1. The number of carbonyl (C=O) groups is 1. The molecule has 2 aromatic rings. The molecule has 0 aromatic heterocycles. The lowest BCUT2D eigenvalue weighted by Crippen LogP contribution is -2.40. The fraction of sp³-hybridized carbons (Fsp3) is 0.350.